The van der Waals surface area contributed by atoms with E-state index in [1.165, 1.54) is 0 Å². The third kappa shape index (κ3) is 3.23. The van der Waals surface area contributed by atoms with E-state index < -0.39 is 0 Å². The van der Waals surface area contributed by atoms with Crippen molar-refractivity contribution >= 4 is 5.69 Å². The van der Waals surface area contributed by atoms with Crippen molar-refractivity contribution in [2.24, 2.45) is 0 Å². The minimum Gasteiger partial charge on any atom is -0.489 e. The molecule has 1 N–H and O–H groups in total. The number of aromatic nitrogens is 2. The quantitative estimate of drug-likeness (QED) is 0.777. The van der Waals surface area contributed by atoms with E-state index in [-0.39, 0.29) is 0 Å². The third-order valence-electron chi connectivity index (χ3n) is 3.25. The second-order valence-corrected chi connectivity index (χ2v) is 4.68. The van der Waals surface area contributed by atoms with E-state index in [2.05, 4.69) is 22.5 Å². The molecule has 0 radical (unpaired) electrons. The van der Waals surface area contributed by atoms with Crippen molar-refractivity contribution in [1.82, 2.24) is 9.78 Å². The highest BCUT2D eigenvalue weighted by molar-refractivity contribution is 5.45. The second kappa shape index (κ2) is 6.13. The van der Waals surface area contributed by atoms with Gasteiger partial charge >= 0.3 is 0 Å². The lowest BCUT2D eigenvalue weighted by Gasteiger charge is -2.08. The molecule has 21 heavy (non-hydrogen) atoms. The highest BCUT2D eigenvalue weighted by atomic mass is 16.5. The Morgan fingerprint density at radius 2 is 1.81 bits per heavy atom. The maximum absolute atomic E-state index is 5.77. The van der Waals surface area contributed by atoms with Gasteiger partial charge in [0.2, 0.25) is 0 Å². The van der Waals surface area contributed by atoms with Gasteiger partial charge in [-0.2, -0.15) is 5.10 Å². The summed E-state index contributed by atoms with van der Waals surface area (Å²) in [7, 11) is 1.90. The zero-order valence-corrected chi connectivity index (χ0v) is 11.9. The molecule has 0 aliphatic carbocycles. The van der Waals surface area contributed by atoms with E-state index in [0.717, 1.165) is 22.7 Å². The normalized spacial score (nSPS) is 10.3. The molecule has 0 amide bonds. The first-order valence-corrected chi connectivity index (χ1v) is 6.85. The van der Waals surface area contributed by atoms with Gasteiger partial charge < -0.3 is 10.1 Å². The Kier molecular flexibility index (Phi) is 3.87. The van der Waals surface area contributed by atoms with E-state index in [1.807, 2.05) is 60.4 Å². The smallest absolute Gasteiger partial charge is 0.119 e. The number of hydrogen-bond donors (Lipinski definition) is 1. The molecule has 1 heterocycles. The SMILES string of the molecule is CNc1ccc(OCc2ccc(-n3cccn3)cc2)cc1. The number of benzene rings is 2. The van der Waals surface area contributed by atoms with Gasteiger partial charge in [-0.3, -0.25) is 0 Å². The largest absolute Gasteiger partial charge is 0.489 e. The molecule has 0 unspecified atom stereocenters. The first-order valence-electron chi connectivity index (χ1n) is 6.85. The number of anilines is 1. The lowest BCUT2D eigenvalue weighted by atomic mass is 10.2. The molecule has 2 aromatic carbocycles. The van der Waals surface area contributed by atoms with Gasteiger partial charge in [0.1, 0.15) is 12.4 Å². The number of rotatable bonds is 5. The van der Waals surface area contributed by atoms with Crippen LogP contribution < -0.4 is 10.1 Å². The van der Waals surface area contributed by atoms with E-state index in [0.29, 0.717) is 6.61 Å². The van der Waals surface area contributed by atoms with Crippen LogP contribution in [0.25, 0.3) is 5.69 Å². The molecule has 0 saturated heterocycles. The van der Waals surface area contributed by atoms with Crippen LogP contribution in [0, 0.1) is 0 Å². The molecule has 106 valence electrons. The average molecular weight is 279 g/mol. The molecule has 0 fully saturated rings. The summed E-state index contributed by atoms with van der Waals surface area (Å²) < 4.78 is 7.61. The number of ether oxygens (including phenoxy) is 1. The average Bonchev–Trinajstić information content (AvgIpc) is 3.08. The predicted octanol–water partition coefficient (Wildman–Crippen LogP) is 3.49. The van der Waals surface area contributed by atoms with Crippen molar-refractivity contribution in [2.75, 3.05) is 12.4 Å². The standard InChI is InChI=1S/C17H17N3O/c1-18-15-5-9-17(10-6-15)21-13-14-3-7-16(8-4-14)20-12-2-11-19-20/h2-12,18H,13H2,1H3. The van der Waals surface area contributed by atoms with Crippen LogP contribution in [-0.2, 0) is 6.61 Å². The monoisotopic (exact) mass is 279 g/mol. The Labute approximate surface area is 124 Å². The first kappa shape index (κ1) is 13.2. The lowest BCUT2D eigenvalue weighted by Crippen LogP contribution is -1.98. The summed E-state index contributed by atoms with van der Waals surface area (Å²) in [6.07, 6.45) is 3.70. The first-order chi connectivity index (χ1) is 10.3. The molecule has 3 rings (SSSR count). The molecule has 0 atom stereocenters. The van der Waals surface area contributed by atoms with Crippen molar-refractivity contribution < 1.29 is 4.74 Å². The Hall–Kier alpha value is -2.75. The molecule has 0 saturated carbocycles. The van der Waals surface area contributed by atoms with E-state index >= 15 is 0 Å². The van der Waals surface area contributed by atoms with Crippen LogP contribution in [0.4, 0.5) is 5.69 Å². The van der Waals surface area contributed by atoms with Crippen molar-refractivity contribution in [3.63, 3.8) is 0 Å². The Balaban J connectivity index is 1.62. The fourth-order valence-electron chi connectivity index (χ4n) is 2.05. The van der Waals surface area contributed by atoms with E-state index in [9.17, 15) is 0 Å². The minimum atomic E-state index is 0.554. The van der Waals surface area contributed by atoms with Gasteiger partial charge in [-0.15, -0.1) is 0 Å². The molecular weight excluding hydrogens is 262 g/mol. The van der Waals surface area contributed by atoms with Crippen molar-refractivity contribution in [3.8, 4) is 11.4 Å². The molecule has 0 spiro atoms. The van der Waals surface area contributed by atoms with Crippen molar-refractivity contribution in [3.05, 3.63) is 72.6 Å². The third-order valence-corrected chi connectivity index (χ3v) is 3.25. The predicted molar refractivity (Wildman–Crippen MR) is 83.9 cm³/mol. The van der Waals surface area contributed by atoms with Crippen LogP contribution in [0.1, 0.15) is 5.56 Å². The summed E-state index contributed by atoms with van der Waals surface area (Å²) in [5.41, 5.74) is 3.25. The lowest BCUT2D eigenvalue weighted by molar-refractivity contribution is 0.306. The summed E-state index contributed by atoms with van der Waals surface area (Å²) in [5, 5.41) is 7.29. The summed E-state index contributed by atoms with van der Waals surface area (Å²) in [6.45, 7) is 0.554. The number of nitrogens with zero attached hydrogens (tertiary/aromatic N) is 2. The minimum absolute atomic E-state index is 0.554. The summed E-state index contributed by atoms with van der Waals surface area (Å²) in [5.74, 6) is 0.866. The Morgan fingerprint density at radius 3 is 2.43 bits per heavy atom. The topological polar surface area (TPSA) is 39.1 Å². The second-order valence-electron chi connectivity index (χ2n) is 4.68. The summed E-state index contributed by atoms with van der Waals surface area (Å²) in [4.78, 5) is 0. The summed E-state index contributed by atoms with van der Waals surface area (Å²) in [6, 6.07) is 18.0. The van der Waals surface area contributed by atoms with E-state index in [4.69, 9.17) is 4.74 Å². The van der Waals surface area contributed by atoms with Crippen LogP contribution in [0.15, 0.2) is 67.0 Å². The van der Waals surface area contributed by atoms with Crippen molar-refractivity contribution in [1.29, 1.82) is 0 Å². The fourth-order valence-corrected chi connectivity index (χ4v) is 2.05. The fraction of sp³-hybridized carbons (Fsp3) is 0.118. The van der Waals surface area contributed by atoms with Gasteiger partial charge in [-0.05, 0) is 48.0 Å². The maximum Gasteiger partial charge on any atom is 0.119 e. The van der Waals surface area contributed by atoms with Crippen LogP contribution in [-0.4, -0.2) is 16.8 Å². The van der Waals surface area contributed by atoms with Gasteiger partial charge in [0.05, 0.1) is 5.69 Å². The number of hydrogen-bond acceptors (Lipinski definition) is 3. The highest BCUT2D eigenvalue weighted by Crippen LogP contribution is 2.17. The molecule has 0 aliphatic heterocycles. The van der Waals surface area contributed by atoms with Gasteiger partial charge in [-0.1, -0.05) is 12.1 Å². The van der Waals surface area contributed by atoms with Crippen LogP contribution in [0.5, 0.6) is 5.75 Å². The van der Waals surface area contributed by atoms with Gasteiger partial charge in [0.25, 0.3) is 0 Å². The van der Waals surface area contributed by atoms with Gasteiger partial charge in [-0.25, -0.2) is 4.68 Å². The molecule has 4 heteroatoms. The molecule has 4 nitrogen and oxygen atoms in total. The van der Waals surface area contributed by atoms with Crippen LogP contribution in [0.2, 0.25) is 0 Å². The van der Waals surface area contributed by atoms with Crippen LogP contribution >= 0.6 is 0 Å². The Bertz CT molecular complexity index is 673. The summed E-state index contributed by atoms with van der Waals surface area (Å²) >= 11 is 0. The molecule has 0 bridgehead atoms. The van der Waals surface area contributed by atoms with Gasteiger partial charge in [0, 0.05) is 25.1 Å². The van der Waals surface area contributed by atoms with Gasteiger partial charge in [0.15, 0.2) is 0 Å². The molecule has 3 aromatic rings. The molecule has 1 aromatic heterocycles. The zero-order valence-electron chi connectivity index (χ0n) is 11.9. The van der Waals surface area contributed by atoms with Crippen LogP contribution in [0.3, 0.4) is 0 Å². The van der Waals surface area contributed by atoms with E-state index in [1.54, 1.807) is 6.20 Å². The maximum atomic E-state index is 5.77. The van der Waals surface area contributed by atoms with Crippen molar-refractivity contribution in [2.45, 2.75) is 6.61 Å². The Morgan fingerprint density at radius 1 is 1.05 bits per heavy atom. The zero-order chi connectivity index (χ0) is 14.5. The molecular formula is C17H17N3O. The molecule has 0 aliphatic rings. The number of nitrogens with one attached hydrogen (secondary N) is 1. The highest BCUT2D eigenvalue weighted by Gasteiger charge is 1.99.